The number of nitrogens with zero attached hydrogens (tertiary/aromatic N) is 5. The third-order valence-electron chi connectivity index (χ3n) is 8.07. The van der Waals surface area contributed by atoms with E-state index < -0.39 is 0 Å². The monoisotopic (exact) mass is 571 g/mol. The van der Waals surface area contributed by atoms with Gasteiger partial charge in [-0.1, -0.05) is 47.3 Å². The van der Waals surface area contributed by atoms with Crippen LogP contribution in [-0.2, 0) is 22.6 Å². The standard InChI is InChI=1S/C28H38BrN5O3/c1-18(2)34-15-21(30-31-34)17-37-25-10-9-23(29)22-11-12-33(28(36)20-7-5-4-6-8-20)24(27(22)25)16-32-14-19(3)13-26(32)35/h9-10,15,18-20,24H,4-8,11-14,16-17H2,1-3H3/t19-,24-/m1/s1. The summed E-state index contributed by atoms with van der Waals surface area (Å²) in [5.41, 5.74) is 2.95. The Hall–Kier alpha value is -2.42. The molecule has 3 aliphatic rings. The van der Waals surface area contributed by atoms with Crippen LogP contribution in [0.15, 0.2) is 22.8 Å². The smallest absolute Gasteiger partial charge is 0.226 e. The fraction of sp³-hybridized carbons (Fsp3) is 0.643. The highest BCUT2D eigenvalue weighted by Crippen LogP contribution is 2.43. The lowest BCUT2D eigenvalue weighted by atomic mass is 9.85. The SMILES string of the molecule is CC(C)n1cc(COc2ccc(Br)c3c2[C@@H](CN2C[C@H](C)CC2=O)N(C(=O)C2CCCCC2)CC3)nn1. The van der Waals surface area contributed by atoms with Crippen molar-refractivity contribution in [3.05, 3.63) is 39.6 Å². The maximum Gasteiger partial charge on any atom is 0.226 e. The summed E-state index contributed by atoms with van der Waals surface area (Å²) in [5.74, 6) is 1.57. The zero-order valence-electron chi connectivity index (χ0n) is 22.2. The number of carbonyl (C=O) groups excluding carboxylic acids is 2. The number of ether oxygens (including phenoxy) is 1. The first-order valence-electron chi connectivity index (χ1n) is 13.7. The van der Waals surface area contributed by atoms with Crippen molar-refractivity contribution in [1.29, 1.82) is 0 Å². The first-order chi connectivity index (χ1) is 17.8. The van der Waals surface area contributed by atoms with Gasteiger partial charge < -0.3 is 14.5 Å². The number of aromatic nitrogens is 3. The molecule has 0 bridgehead atoms. The number of amides is 2. The highest BCUT2D eigenvalue weighted by molar-refractivity contribution is 9.10. The number of hydrogen-bond acceptors (Lipinski definition) is 5. The molecule has 2 aromatic rings. The molecule has 0 radical (unpaired) electrons. The summed E-state index contributed by atoms with van der Waals surface area (Å²) in [6, 6.07) is 4.00. The third-order valence-corrected chi connectivity index (χ3v) is 8.82. The highest BCUT2D eigenvalue weighted by atomic mass is 79.9. The maximum atomic E-state index is 13.9. The molecule has 3 heterocycles. The molecule has 9 heteroatoms. The Morgan fingerprint density at radius 1 is 1.22 bits per heavy atom. The van der Waals surface area contributed by atoms with E-state index in [0.717, 1.165) is 60.1 Å². The number of benzene rings is 1. The number of halogens is 1. The molecule has 2 amide bonds. The largest absolute Gasteiger partial charge is 0.487 e. The number of hydrogen-bond donors (Lipinski definition) is 0. The third kappa shape index (κ3) is 5.56. The van der Waals surface area contributed by atoms with Gasteiger partial charge >= 0.3 is 0 Å². The quantitative estimate of drug-likeness (QED) is 0.463. The minimum Gasteiger partial charge on any atom is -0.487 e. The summed E-state index contributed by atoms with van der Waals surface area (Å²) in [4.78, 5) is 30.7. The van der Waals surface area contributed by atoms with Gasteiger partial charge in [-0.3, -0.25) is 9.59 Å². The van der Waals surface area contributed by atoms with Crippen LogP contribution in [0.5, 0.6) is 5.75 Å². The molecule has 8 nitrogen and oxygen atoms in total. The molecule has 200 valence electrons. The van der Waals surface area contributed by atoms with Crippen LogP contribution in [0.4, 0.5) is 0 Å². The molecule has 2 fully saturated rings. The second kappa shape index (κ2) is 11.1. The second-order valence-electron chi connectivity index (χ2n) is 11.3. The van der Waals surface area contributed by atoms with Crippen LogP contribution < -0.4 is 4.74 Å². The van der Waals surface area contributed by atoms with Gasteiger partial charge in [0, 0.05) is 48.1 Å². The van der Waals surface area contributed by atoms with Gasteiger partial charge in [-0.15, -0.1) is 5.10 Å². The van der Waals surface area contributed by atoms with Gasteiger partial charge in [0.1, 0.15) is 18.1 Å². The molecule has 2 aliphatic heterocycles. The Labute approximate surface area is 227 Å². The number of likely N-dealkylation sites (tertiary alicyclic amines) is 1. The first kappa shape index (κ1) is 26.2. The van der Waals surface area contributed by atoms with E-state index in [1.165, 1.54) is 12.0 Å². The van der Waals surface area contributed by atoms with Crippen molar-refractivity contribution in [3.63, 3.8) is 0 Å². The van der Waals surface area contributed by atoms with Gasteiger partial charge in [-0.2, -0.15) is 0 Å². The van der Waals surface area contributed by atoms with Gasteiger partial charge in [-0.25, -0.2) is 4.68 Å². The van der Waals surface area contributed by atoms with Crippen molar-refractivity contribution in [2.24, 2.45) is 11.8 Å². The van der Waals surface area contributed by atoms with Crippen LogP contribution in [0.1, 0.15) is 88.2 Å². The Morgan fingerprint density at radius 2 is 2.00 bits per heavy atom. The summed E-state index contributed by atoms with van der Waals surface area (Å²) in [6.07, 6.45) is 8.61. The Balaban J connectivity index is 1.47. The highest BCUT2D eigenvalue weighted by Gasteiger charge is 2.40. The Morgan fingerprint density at radius 3 is 2.68 bits per heavy atom. The minimum atomic E-state index is -0.230. The normalized spacial score (nSPS) is 22.6. The molecule has 0 spiro atoms. The number of rotatable bonds is 7. The van der Waals surface area contributed by atoms with Crippen molar-refractivity contribution >= 4 is 27.7 Å². The number of fused-ring (bicyclic) bond motifs is 1. The predicted molar refractivity (Wildman–Crippen MR) is 144 cm³/mol. The van der Waals surface area contributed by atoms with Crippen LogP contribution >= 0.6 is 15.9 Å². The molecule has 1 saturated carbocycles. The molecule has 0 unspecified atom stereocenters. The second-order valence-corrected chi connectivity index (χ2v) is 12.1. The zero-order valence-corrected chi connectivity index (χ0v) is 23.7. The van der Waals surface area contributed by atoms with Crippen LogP contribution in [0.25, 0.3) is 0 Å². The van der Waals surface area contributed by atoms with Gasteiger partial charge in [0.2, 0.25) is 11.8 Å². The minimum absolute atomic E-state index is 0.0774. The van der Waals surface area contributed by atoms with Gasteiger partial charge in [0.15, 0.2) is 0 Å². The van der Waals surface area contributed by atoms with E-state index >= 15 is 0 Å². The number of carbonyl (C=O) groups is 2. The summed E-state index contributed by atoms with van der Waals surface area (Å²) in [7, 11) is 0. The molecule has 1 aliphatic carbocycles. The molecular weight excluding hydrogens is 534 g/mol. The van der Waals surface area contributed by atoms with Crippen molar-refractivity contribution < 1.29 is 14.3 Å². The van der Waals surface area contributed by atoms with E-state index in [1.807, 2.05) is 27.9 Å². The Bertz CT molecular complexity index is 1140. The van der Waals surface area contributed by atoms with Crippen LogP contribution in [0, 0.1) is 11.8 Å². The summed E-state index contributed by atoms with van der Waals surface area (Å²) in [5, 5.41) is 8.47. The van der Waals surface area contributed by atoms with Gasteiger partial charge in [0.05, 0.1) is 12.2 Å². The average molecular weight is 573 g/mol. The van der Waals surface area contributed by atoms with Crippen molar-refractivity contribution in [2.45, 2.75) is 84.4 Å². The summed E-state index contributed by atoms with van der Waals surface area (Å²) in [6.45, 7) is 8.44. The lowest BCUT2D eigenvalue weighted by molar-refractivity contribution is -0.141. The molecule has 1 aromatic carbocycles. The van der Waals surface area contributed by atoms with E-state index in [0.29, 0.717) is 32.0 Å². The lowest BCUT2D eigenvalue weighted by Crippen LogP contribution is -2.48. The van der Waals surface area contributed by atoms with Crippen molar-refractivity contribution in [2.75, 3.05) is 19.6 Å². The van der Waals surface area contributed by atoms with E-state index in [9.17, 15) is 9.59 Å². The molecule has 1 aromatic heterocycles. The summed E-state index contributed by atoms with van der Waals surface area (Å²) >= 11 is 3.76. The fourth-order valence-corrected chi connectivity index (χ4v) is 6.63. The zero-order chi connectivity index (χ0) is 26.1. The molecule has 0 N–H and O–H groups in total. The molecular formula is C28H38BrN5O3. The Kier molecular flexibility index (Phi) is 7.88. The van der Waals surface area contributed by atoms with Crippen LogP contribution in [0.3, 0.4) is 0 Å². The average Bonchev–Trinajstić information content (AvgIpc) is 3.50. The molecule has 2 atom stereocenters. The van der Waals surface area contributed by atoms with Crippen molar-refractivity contribution in [3.8, 4) is 5.75 Å². The van der Waals surface area contributed by atoms with Gasteiger partial charge in [0.25, 0.3) is 0 Å². The van der Waals surface area contributed by atoms with E-state index in [4.69, 9.17) is 4.74 Å². The van der Waals surface area contributed by atoms with Crippen LogP contribution in [0.2, 0.25) is 0 Å². The molecule has 37 heavy (non-hydrogen) atoms. The van der Waals surface area contributed by atoms with E-state index in [-0.39, 0.29) is 29.8 Å². The predicted octanol–water partition coefficient (Wildman–Crippen LogP) is 5.08. The fourth-order valence-electron chi connectivity index (χ4n) is 6.08. The molecule has 1 saturated heterocycles. The first-order valence-corrected chi connectivity index (χ1v) is 14.5. The maximum absolute atomic E-state index is 13.9. The van der Waals surface area contributed by atoms with Gasteiger partial charge in [-0.05, 0) is 56.7 Å². The van der Waals surface area contributed by atoms with Crippen LogP contribution in [-0.4, -0.2) is 56.2 Å². The van der Waals surface area contributed by atoms with E-state index in [1.54, 1.807) is 0 Å². The van der Waals surface area contributed by atoms with Crippen molar-refractivity contribution in [1.82, 2.24) is 24.8 Å². The molecule has 5 rings (SSSR count). The van der Waals surface area contributed by atoms with E-state index in [2.05, 4.69) is 51.9 Å². The topological polar surface area (TPSA) is 80.6 Å². The lowest BCUT2D eigenvalue weighted by Gasteiger charge is -2.42. The summed E-state index contributed by atoms with van der Waals surface area (Å²) < 4.78 is 9.22.